The molecule has 0 aliphatic heterocycles. The molecular formula is C13H22N2. The number of aryl methyl sites for hydroxylation is 1. The highest BCUT2D eigenvalue weighted by molar-refractivity contribution is 5.31. The molecule has 1 saturated carbocycles. The van der Waals surface area contributed by atoms with E-state index < -0.39 is 0 Å². The van der Waals surface area contributed by atoms with E-state index in [0.29, 0.717) is 6.04 Å². The Labute approximate surface area is 92.7 Å². The van der Waals surface area contributed by atoms with Gasteiger partial charge in [-0.05, 0) is 31.7 Å². The van der Waals surface area contributed by atoms with E-state index in [2.05, 4.69) is 39.3 Å². The van der Waals surface area contributed by atoms with E-state index in [1.54, 1.807) is 0 Å². The second-order valence-electron chi connectivity index (χ2n) is 5.70. The minimum Gasteiger partial charge on any atom is -0.265 e. The maximum Gasteiger partial charge on any atom is 0.0654 e. The molecule has 0 bridgehead atoms. The summed E-state index contributed by atoms with van der Waals surface area (Å²) in [6.07, 6.45) is 3.68. The van der Waals surface area contributed by atoms with Crippen LogP contribution in [0.2, 0.25) is 0 Å². The van der Waals surface area contributed by atoms with Crippen molar-refractivity contribution in [1.29, 1.82) is 0 Å². The summed E-state index contributed by atoms with van der Waals surface area (Å²) in [5, 5.41) is 4.77. The third kappa shape index (κ3) is 1.82. The zero-order valence-corrected chi connectivity index (χ0v) is 10.6. The van der Waals surface area contributed by atoms with Crippen molar-refractivity contribution in [3.05, 3.63) is 17.0 Å². The van der Waals surface area contributed by atoms with Gasteiger partial charge in [0.1, 0.15) is 0 Å². The van der Waals surface area contributed by atoms with Gasteiger partial charge in [-0.2, -0.15) is 5.10 Å². The molecule has 15 heavy (non-hydrogen) atoms. The van der Waals surface area contributed by atoms with Gasteiger partial charge in [-0.1, -0.05) is 27.7 Å². The van der Waals surface area contributed by atoms with E-state index in [0.717, 1.165) is 6.42 Å². The van der Waals surface area contributed by atoms with Gasteiger partial charge in [0, 0.05) is 11.1 Å². The maximum absolute atomic E-state index is 4.77. The van der Waals surface area contributed by atoms with E-state index in [1.807, 2.05) is 0 Å². The van der Waals surface area contributed by atoms with Gasteiger partial charge in [-0.25, -0.2) is 0 Å². The van der Waals surface area contributed by atoms with Gasteiger partial charge in [0.2, 0.25) is 0 Å². The molecule has 1 aromatic rings. The Hall–Kier alpha value is -0.790. The van der Waals surface area contributed by atoms with Crippen molar-refractivity contribution < 1.29 is 0 Å². The van der Waals surface area contributed by atoms with Crippen LogP contribution in [0.3, 0.4) is 0 Å². The monoisotopic (exact) mass is 206 g/mol. The molecule has 84 valence electrons. The Morgan fingerprint density at radius 3 is 2.33 bits per heavy atom. The van der Waals surface area contributed by atoms with Gasteiger partial charge >= 0.3 is 0 Å². The van der Waals surface area contributed by atoms with Crippen LogP contribution in [-0.4, -0.2) is 9.78 Å². The first-order chi connectivity index (χ1) is 6.95. The summed E-state index contributed by atoms with van der Waals surface area (Å²) in [6.45, 7) is 11.3. The van der Waals surface area contributed by atoms with Crippen LogP contribution in [0.25, 0.3) is 0 Å². The summed E-state index contributed by atoms with van der Waals surface area (Å²) >= 11 is 0. The minimum atomic E-state index is 0.215. The predicted octanol–water partition coefficient (Wildman–Crippen LogP) is 3.39. The third-order valence-electron chi connectivity index (χ3n) is 3.18. The van der Waals surface area contributed by atoms with E-state index in [-0.39, 0.29) is 5.41 Å². The number of aromatic nitrogens is 2. The highest BCUT2D eigenvalue weighted by Crippen LogP contribution is 2.40. The molecule has 1 aliphatic rings. The van der Waals surface area contributed by atoms with E-state index in [1.165, 1.54) is 29.8 Å². The first-order valence-corrected chi connectivity index (χ1v) is 6.03. The lowest BCUT2D eigenvalue weighted by molar-refractivity contribution is 0.487. The van der Waals surface area contributed by atoms with Gasteiger partial charge in [0.05, 0.1) is 11.7 Å². The molecule has 0 amide bonds. The smallest absolute Gasteiger partial charge is 0.0654 e. The molecule has 2 heteroatoms. The number of rotatable bonds is 2. The molecule has 2 rings (SSSR count). The molecule has 0 aromatic carbocycles. The lowest BCUT2D eigenvalue weighted by Gasteiger charge is -2.21. The zero-order chi connectivity index (χ0) is 11.2. The standard InChI is InChI=1S/C13H22N2/c1-6-11-9(2)12(13(3,4)5)15(14-11)10-7-8-10/h10H,6-8H2,1-5H3. The van der Waals surface area contributed by atoms with Crippen molar-refractivity contribution in [2.45, 2.75) is 65.3 Å². The molecule has 0 spiro atoms. The molecule has 0 radical (unpaired) electrons. The fourth-order valence-corrected chi connectivity index (χ4v) is 2.39. The maximum atomic E-state index is 4.77. The molecule has 1 heterocycles. The van der Waals surface area contributed by atoms with Crippen molar-refractivity contribution in [2.75, 3.05) is 0 Å². The summed E-state index contributed by atoms with van der Waals surface area (Å²) in [6, 6.07) is 0.693. The molecule has 2 nitrogen and oxygen atoms in total. The van der Waals surface area contributed by atoms with Crippen LogP contribution < -0.4 is 0 Å². The topological polar surface area (TPSA) is 17.8 Å². The Balaban J connectivity index is 2.53. The molecule has 1 fully saturated rings. The highest BCUT2D eigenvalue weighted by Gasteiger charge is 2.32. The van der Waals surface area contributed by atoms with Gasteiger partial charge in [-0.3, -0.25) is 4.68 Å². The largest absolute Gasteiger partial charge is 0.265 e. The normalized spacial score (nSPS) is 17.1. The van der Waals surface area contributed by atoms with Crippen LogP contribution in [0, 0.1) is 6.92 Å². The molecule has 1 aromatic heterocycles. The molecular weight excluding hydrogens is 184 g/mol. The molecule has 0 N–H and O–H groups in total. The van der Waals surface area contributed by atoms with Crippen molar-refractivity contribution in [3.8, 4) is 0 Å². The van der Waals surface area contributed by atoms with Crippen molar-refractivity contribution in [2.24, 2.45) is 0 Å². The van der Waals surface area contributed by atoms with E-state index in [4.69, 9.17) is 5.10 Å². The van der Waals surface area contributed by atoms with E-state index in [9.17, 15) is 0 Å². The van der Waals surface area contributed by atoms with E-state index >= 15 is 0 Å². The SMILES string of the molecule is CCc1nn(C2CC2)c(C(C)(C)C)c1C. The second-order valence-corrected chi connectivity index (χ2v) is 5.70. The fourth-order valence-electron chi connectivity index (χ4n) is 2.39. The first-order valence-electron chi connectivity index (χ1n) is 6.03. The highest BCUT2D eigenvalue weighted by atomic mass is 15.3. The Bertz CT molecular complexity index is 365. The van der Waals surface area contributed by atoms with Crippen molar-refractivity contribution >= 4 is 0 Å². The summed E-state index contributed by atoms with van der Waals surface area (Å²) in [5.74, 6) is 0. The second kappa shape index (κ2) is 3.36. The average Bonchev–Trinajstić information content (AvgIpc) is 2.88. The number of hydrogen-bond acceptors (Lipinski definition) is 1. The predicted molar refractivity (Wildman–Crippen MR) is 63.3 cm³/mol. The summed E-state index contributed by atoms with van der Waals surface area (Å²) in [4.78, 5) is 0. The van der Waals surface area contributed by atoms with Crippen LogP contribution in [0.4, 0.5) is 0 Å². The third-order valence-corrected chi connectivity index (χ3v) is 3.18. The minimum absolute atomic E-state index is 0.215. The van der Waals surface area contributed by atoms with Crippen molar-refractivity contribution in [3.63, 3.8) is 0 Å². The summed E-state index contributed by atoms with van der Waals surface area (Å²) in [5.41, 5.74) is 4.36. The van der Waals surface area contributed by atoms with Crippen molar-refractivity contribution in [1.82, 2.24) is 9.78 Å². The summed E-state index contributed by atoms with van der Waals surface area (Å²) < 4.78 is 2.30. The van der Waals surface area contributed by atoms with Crippen LogP contribution in [0.5, 0.6) is 0 Å². The lowest BCUT2D eigenvalue weighted by atomic mass is 9.88. The molecule has 0 unspecified atom stereocenters. The molecule has 0 saturated heterocycles. The van der Waals surface area contributed by atoms with Gasteiger partial charge in [0.25, 0.3) is 0 Å². The van der Waals surface area contributed by atoms with Gasteiger partial charge < -0.3 is 0 Å². The molecule has 0 atom stereocenters. The van der Waals surface area contributed by atoms with Crippen LogP contribution in [0.1, 0.15) is 63.5 Å². The number of nitrogens with zero attached hydrogens (tertiary/aromatic N) is 2. The van der Waals surface area contributed by atoms with Crippen LogP contribution in [0.15, 0.2) is 0 Å². The van der Waals surface area contributed by atoms with Crippen LogP contribution >= 0.6 is 0 Å². The van der Waals surface area contributed by atoms with Gasteiger partial charge in [0.15, 0.2) is 0 Å². The fraction of sp³-hybridized carbons (Fsp3) is 0.769. The Morgan fingerprint density at radius 2 is 1.93 bits per heavy atom. The quantitative estimate of drug-likeness (QED) is 0.725. The summed E-state index contributed by atoms with van der Waals surface area (Å²) in [7, 11) is 0. The Kier molecular flexibility index (Phi) is 2.40. The average molecular weight is 206 g/mol. The Morgan fingerprint density at radius 1 is 1.33 bits per heavy atom. The number of hydrogen-bond donors (Lipinski definition) is 0. The first kappa shape index (κ1) is 10.7. The van der Waals surface area contributed by atoms with Gasteiger partial charge in [-0.15, -0.1) is 0 Å². The lowest BCUT2D eigenvalue weighted by Crippen LogP contribution is -2.19. The zero-order valence-electron chi connectivity index (χ0n) is 10.6. The molecule has 1 aliphatic carbocycles. The van der Waals surface area contributed by atoms with Crippen LogP contribution in [-0.2, 0) is 11.8 Å².